The number of nitrogens with one attached hydrogen (secondary N) is 1. The van der Waals surface area contributed by atoms with E-state index in [9.17, 15) is 9.59 Å². The highest BCUT2D eigenvalue weighted by Gasteiger charge is 2.32. The first-order chi connectivity index (χ1) is 7.99. The molecule has 0 radical (unpaired) electrons. The van der Waals surface area contributed by atoms with E-state index in [0.29, 0.717) is 11.5 Å². The smallest absolute Gasteiger partial charge is 0.249 e. The number of carbonyl (C=O) groups is 2. The van der Waals surface area contributed by atoms with Crippen LogP contribution in [0, 0.1) is 0 Å². The zero-order valence-corrected chi connectivity index (χ0v) is 9.86. The fourth-order valence-electron chi connectivity index (χ4n) is 1.64. The second-order valence-electron chi connectivity index (χ2n) is 3.76. The number of imide groups is 1. The maximum Gasteiger partial charge on any atom is 0.249 e. The summed E-state index contributed by atoms with van der Waals surface area (Å²) in [6.07, 6.45) is 0. The van der Waals surface area contributed by atoms with Crippen LogP contribution >= 0.6 is 11.6 Å². The number of nitrogens with zero attached hydrogens (tertiary/aromatic N) is 2. The number of carbonyl (C=O) groups excluding carboxylic acids is 2. The molecule has 17 heavy (non-hydrogen) atoms. The van der Waals surface area contributed by atoms with Gasteiger partial charge in [0.05, 0.1) is 12.2 Å². The Balaban J connectivity index is 2.40. The van der Waals surface area contributed by atoms with Crippen LogP contribution in [-0.4, -0.2) is 29.4 Å². The maximum absolute atomic E-state index is 11.5. The second kappa shape index (κ2) is 4.21. The van der Waals surface area contributed by atoms with Gasteiger partial charge in [0.2, 0.25) is 11.8 Å². The molecule has 1 aliphatic heterocycles. The van der Waals surface area contributed by atoms with Gasteiger partial charge in [-0.3, -0.25) is 14.9 Å². The molecular formula is C10H11ClN4O2. The standard InChI is InChI=1S/C10H11ClN4O2/c1-5-10(17)14-8(16)4-15(5)9-6(12)2-3-7(11)13-9/h2-3,5H,4,12H2,1H3,(H,14,16,17). The number of pyridine rings is 1. The highest BCUT2D eigenvalue weighted by atomic mass is 35.5. The summed E-state index contributed by atoms with van der Waals surface area (Å²) < 4.78 is 0. The van der Waals surface area contributed by atoms with Gasteiger partial charge >= 0.3 is 0 Å². The van der Waals surface area contributed by atoms with Crippen molar-refractivity contribution in [3.05, 3.63) is 17.3 Å². The normalized spacial score (nSPS) is 20.4. The lowest BCUT2D eigenvalue weighted by atomic mass is 10.2. The van der Waals surface area contributed by atoms with Gasteiger partial charge in [-0.1, -0.05) is 11.6 Å². The minimum absolute atomic E-state index is 0.0322. The molecule has 0 aromatic carbocycles. The lowest BCUT2D eigenvalue weighted by Gasteiger charge is -2.33. The number of rotatable bonds is 1. The van der Waals surface area contributed by atoms with E-state index in [1.165, 1.54) is 4.90 Å². The number of nitrogen functional groups attached to an aromatic ring is 1. The first-order valence-electron chi connectivity index (χ1n) is 5.01. The molecule has 2 heterocycles. The van der Waals surface area contributed by atoms with E-state index in [4.69, 9.17) is 17.3 Å². The van der Waals surface area contributed by atoms with Gasteiger partial charge in [-0.25, -0.2) is 4.98 Å². The third kappa shape index (κ3) is 2.16. The average Bonchev–Trinajstić information content (AvgIpc) is 2.27. The molecule has 1 unspecified atom stereocenters. The molecule has 1 aromatic rings. The van der Waals surface area contributed by atoms with Crippen molar-refractivity contribution in [3.8, 4) is 0 Å². The lowest BCUT2D eigenvalue weighted by Crippen LogP contribution is -2.57. The fraction of sp³-hybridized carbons (Fsp3) is 0.300. The molecule has 2 rings (SSSR count). The molecule has 1 fully saturated rings. The SMILES string of the molecule is CC1C(=O)NC(=O)CN1c1nc(Cl)ccc1N. The van der Waals surface area contributed by atoms with E-state index < -0.39 is 6.04 Å². The largest absolute Gasteiger partial charge is 0.396 e. The predicted octanol–water partition coefficient (Wildman–Crippen LogP) is 0.168. The van der Waals surface area contributed by atoms with Gasteiger partial charge in [-0.15, -0.1) is 0 Å². The van der Waals surface area contributed by atoms with Gasteiger partial charge in [0, 0.05) is 0 Å². The summed E-state index contributed by atoms with van der Waals surface area (Å²) in [6.45, 7) is 1.70. The number of hydrogen-bond acceptors (Lipinski definition) is 5. The van der Waals surface area contributed by atoms with Crippen molar-refractivity contribution in [3.63, 3.8) is 0 Å². The Morgan fingerprint density at radius 1 is 1.53 bits per heavy atom. The van der Waals surface area contributed by atoms with Gasteiger partial charge in [0.25, 0.3) is 0 Å². The third-order valence-electron chi connectivity index (χ3n) is 2.57. The minimum atomic E-state index is -0.513. The quantitative estimate of drug-likeness (QED) is 0.551. The van der Waals surface area contributed by atoms with E-state index in [1.54, 1.807) is 19.1 Å². The number of halogens is 1. The van der Waals surface area contributed by atoms with Crippen LogP contribution in [0.5, 0.6) is 0 Å². The average molecular weight is 255 g/mol. The topological polar surface area (TPSA) is 88.3 Å². The molecule has 0 bridgehead atoms. The molecule has 3 N–H and O–H groups in total. The van der Waals surface area contributed by atoms with Crippen molar-refractivity contribution in [2.45, 2.75) is 13.0 Å². The summed E-state index contributed by atoms with van der Waals surface area (Å²) in [6, 6.07) is 2.63. The van der Waals surface area contributed by atoms with Crippen LogP contribution in [0.15, 0.2) is 12.1 Å². The molecule has 0 spiro atoms. The van der Waals surface area contributed by atoms with Gasteiger partial charge in [0.1, 0.15) is 11.2 Å². The molecule has 0 aliphatic carbocycles. The monoisotopic (exact) mass is 254 g/mol. The van der Waals surface area contributed by atoms with Gasteiger partial charge in [-0.05, 0) is 19.1 Å². The van der Waals surface area contributed by atoms with Gasteiger partial charge in [0.15, 0.2) is 5.82 Å². The van der Waals surface area contributed by atoms with Crippen LogP contribution in [0.2, 0.25) is 5.15 Å². The second-order valence-corrected chi connectivity index (χ2v) is 4.15. The van der Waals surface area contributed by atoms with Gasteiger partial charge in [-0.2, -0.15) is 0 Å². The Labute approximate surface area is 103 Å². The number of hydrogen-bond donors (Lipinski definition) is 2. The number of piperazine rings is 1. The summed E-state index contributed by atoms with van der Waals surface area (Å²) in [5.41, 5.74) is 6.15. The van der Waals surface area contributed by atoms with Crippen molar-refractivity contribution < 1.29 is 9.59 Å². The van der Waals surface area contributed by atoms with Crippen molar-refractivity contribution in [1.82, 2.24) is 10.3 Å². The summed E-state index contributed by atoms with van der Waals surface area (Å²) in [7, 11) is 0. The van der Waals surface area contributed by atoms with Crippen LogP contribution in [0.3, 0.4) is 0 Å². The zero-order chi connectivity index (χ0) is 12.6. The highest BCUT2D eigenvalue weighted by molar-refractivity contribution is 6.29. The number of amides is 2. The Bertz CT molecular complexity index is 491. The van der Waals surface area contributed by atoms with E-state index in [0.717, 1.165) is 0 Å². The molecular weight excluding hydrogens is 244 g/mol. The van der Waals surface area contributed by atoms with Crippen molar-refractivity contribution in [2.24, 2.45) is 0 Å². The highest BCUT2D eigenvalue weighted by Crippen LogP contribution is 2.25. The number of nitrogens with two attached hydrogens (primary N) is 1. The molecule has 6 nitrogen and oxygen atoms in total. The zero-order valence-electron chi connectivity index (χ0n) is 9.11. The van der Waals surface area contributed by atoms with E-state index >= 15 is 0 Å². The van der Waals surface area contributed by atoms with E-state index in [2.05, 4.69) is 10.3 Å². The van der Waals surface area contributed by atoms with Crippen LogP contribution in [-0.2, 0) is 9.59 Å². The molecule has 90 valence electrons. The predicted molar refractivity (Wildman–Crippen MR) is 63.6 cm³/mol. The molecule has 1 saturated heterocycles. The first-order valence-corrected chi connectivity index (χ1v) is 5.39. The van der Waals surface area contributed by atoms with E-state index in [-0.39, 0.29) is 23.5 Å². The summed E-state index contributed by atoms with van der Waals surface area (Å²) in [5, 5.41) is 2.51. The fourth-order valence-corrected chi connectivity index (χ4v) is 1.78. The third-order valence-corrected chi connectivity index (χ3v) is 2.78. The maximum atomic E-state index is 11.5. The lowest BCUT2D eigenvalue weighted by molar-refractivity contribution is -0.132. The van der Waals surface area contributed by atoms with E-state index in [1.807, 2.05) is 0 Å². The van der Waals surface area contributed by atoms with Crippen molar-refractivity contribution >= 4 is 34.9 Å². The minimum Gasteiger partial charge on any atom is -0.396 e. The van der Waals surface area contributed by atoms with Crippen LogP contribution in [0.1, 0.15) is 6.92 Å². The molecule has 1 aliphatic rings. The van der Waals surface area contributed by atoms with Crippen molar-refractivity contribution in [2.75, 3.05) is 17.2 Å². The Morgan fingerprint density at radius 3 is 2.94 bits per heavy atom. The summed E-state index contributed by atoms with van der Waals surface area (Å²) in [5.74, 6) is -0.398. The first kappa shape index (κ1) is 11.7. The van der Waals surface area contributed by atoms with Crippen LogP contribution < -0.4 is 16.0 Å². The summed E-state index contributed by atoms with van der Waals surface area (Å²) in [4.78, 5) is 28.4. The molecule has 0 saturated carbocycles. The Morgan fingerprint density at radius 2 is 2.24 bits per heavy atom. The Kier molecular flexibility index (Phi) is 2.89. The van der Waals surface area contributed by atoms with Crippen molar-refractivity contribution in [1.29, 1.82) is 0 Å². The summed E-state index contributed by atoms with van der Waals surface area (Å²) >= 11 is 5.78. The molecule has 1 aromatic heterocycles. The van der Waals surface area contributed by atoms with Gasteiger partial charge < -0.3 is 10.6 Å². The van der Waals surface area contributed by atoms with Crippen LogP contribution in [0.4, 0.5) is 11.5 Å². The number of aromatic nitrogens is 1. The van der Waals surface area contributed by atoms with Crippen LogP contribution in [0.25, 0.3) is 0 Å². The molecule has 1 atom stereocenters. The molecule has 7 heteroatoms. The Hall–Kier alpha value is -1.82. The number of anilines is 2. The molecule has 2 amide bonds.